The first-order valence-electron chi connectivity index (χ1n) is 24.9. The highest BCUT2D eigenvalue weighted by atomic mass is 16.2. The minimum absolute atomic E-state index is 0.0461. The third-order valence-electron chi connectivity index (χ3n) is 11.0. The number of hydrogen-bond donors (Lipinski definition) is 7. The van der Waals surface area contributed by atoms with Gasteiger partial charge in [-0.1, -0.05) is 0 Å². The van der Waals surface area contributed by atoms with Crippen molar-refractivity contribution in [3.05, 3.63) is 140 Å². The van der Waals surface area contributed by atoms with Gasteiger partial charge in [0.2, 0.25) is 5.95 Å². The molecule has 8 rings (SSSR count). The van der Waals surface area contributed by atoms with Gasteiger partial charge in [0.1, 0.15) is 23.5 Å². The first kappa shape index (κ1) is 64.5. The third-order valence-corrected chi connectivity index (χ3v) is 11.0. The van der Waals surface area contributed by atoms with Gasteiger partial charge in [0, 0.05) is 75.2 Å². The van der Waals surface area contributed by atoms with Crippen molar-refractivity contribution in [2.75, 3.05) is 22.9 Å². The minimum Gasteiger partial charge on any atom is -0.383 e. The normalized spacial score (nSPS) is 11.8. The molecule has 8 aromatic heterocycles. The summed E-state index contributed by atoms with van der Waals surface area (Å²) >= 11 is 0. The van der Waals surface area contributed by atoms with Gasteiger partial charge in [-0.3, -0.25) is 47.6 Å². The quantitative estimate of drug-likeness (QED) is 0.113. The molecule has 430 valence electrons. The van der Waals surface area contributed by atoms with E-state index in [9.17, 15) is 33.6 Å². The number of imidazole rings is 2. The topological polar surface area (TPSA) is 391 Å². The van der Waals surface area contributed by atoms with Gasteiger partial charge in [0.15, 0.2) is 22.6 Å². The van der Waals surface area contributed by atoms with Crippen molar-refractivity contribution in [3.63, 3.8) is 0 Å². The highest BCUT2D eigenvalue weighted by molar-refractivity contribution is 5.81. The van der Waals surface area contributed by atoms with Crippen LogP contribution in [-0.2, 0) is 33.2 Å². The summed E-state index contributed by atoms with van der Waals surface area (Å²) in [6.45, 7) is 38.9. The Labute approximate surface area is 456 Å². The van der Waals surface area contributed by atoms with Crippen molar-refractivity contribution in [3.8, 4) is 0 Å². The highest BCUT2D eigenvalue weighted by Gasteiger charge is 2.21. The predicted octanol–water partition coefficient (Wildman–Crippen LogP) is 3.98. The molecule has 0 fully saturated rings. The Balaban J connectivity index is 0.000000250. The lowest BCUT2D eigenvalue weighted by atomic mass is 10.1. The average molecular weight is 1100 g/mol. The fourth-order valence-electron chi connectivity index (χ4n) is 6.74. The molecule has 0 amide bonds. The summed E-state index contributed by atoms with van der Waals surface area (Å²) in [7, 11) is 0. The van der Waals surface area contributed by atoms with E-state index in [1.54, 1.807) is 53.4 Å². The fourth-order valence-corrected chi connectivity index (χ4v) is 6.74. The molecule has 79 heavy (non-hydrogen) atoms. The molecule has 0 aliphatic rings. The van der Waals surface area contributed by atoms with Crippen LogP contribution in [0.25, 0.3) is 22.3 Å². The average Bonchev–Trinajstić information content (AvgIpc) is 3.93. The van der Waals surface area contributed by atoms with E-state index in [4.69, 9.17) is 22.9 Å². The van der Waals surface area contributed by atoms with Crippen LogP contribution >= 0.6 is 0 Å². The molecule has 0 spiro atoms. The zero-order chi connectivity index (χ0) is 60.7. The maximum atomic E-state index is 11.5. The Bertz CT molecular complexity index is 3830. The van der Waals surface area contributed by atoms with Crippen molar-refractivity contribution in [2.24, 2.45) is 0 Å². The lowest BCUT2D eigenvalue weighted by molar-refractivity contribution is 0.375. The number of nitrogens with two attached hydrogens (primary N) is 4. The van der Waals surface area contributed by atoms with Crippen molar-refractivity contribution in [1.29, 1.82) is 0 Å². The summed E-state index contributed by atoms with van der Waals surface area (Å²) in [5.74, 6) is 1.11. The fraction of sp³-hybridized carbons (Fsp3) is 0.500. The van der Waals surface area contributed by atoms with E-state index >= 15 is 0 Å². The summed E-state index contributed by atoms with van der Waals surface area (Å²) in [6, 6.07) is 2.96. The third kappa shape index (κ3) is 17.6. The Morgan fingerprint density at radius 3 is 1.37 bits per heavy atom. The van der Waals surface area contributed by atoms with E-state index in [1.165, 1.54) is 27.7 Å². The monoisotopic (exact) mass is 1100 g/mol. The molecule has 11 N–H and O–H groups in total. The van der Waals surface area contributed by atoms with E-state index in [0.717, 1.165) is 11.2 Å². The summed E-state index contributed by atoms with van der Waals surface area (Å²) in [4.78, 5) is 113. The minimum atomic E-state index is -0.366. The molecule has 0 radical (unpaired) electrons. The predicted molar refractivity (Wildman–Crippen MR) is 310 cm³/mol. The van der Waals surface area contributed by atoms with Gasteiger partial charge in [0.25, 0.3) is 16.7 Å². The van der Waals surface area contributed by atoms with Gasteiger partial charge < -0.3 is 32.1 Å². The van der Waals surface area contributed by atoms with Crippen LogP contribution in [0.5, 0.6) is 0 Å². The van der Waals surface area contributed by atoms with Gasteiger partial charge >= 0.3 is 22.8 Å². The summed E-state index contributed by atoms with van der Waals surface area (Å²) < 4.78 is 9.94. The second-order valence-electron chi connectivity index (χ2n) is 24.2. The van der Waals surface area contributed by atoms with Gasteiger partial charge in [-0.25, -0.2) is 39.1 Å². The number of anilines is 4. The van der Waals surface area contributed by atoms with Crippen molar-refractivity contribution in [1.82, 2.24) is 77.2 Å². The van der Waals surface area contributed by atoms with E-state index < -0.39 is 0 Å². The summed E-state index contributed by atoms with van der Waals surface area (Å²) in [6.07, 6.45) is 11.3. The van der Waals surface area contributed by atoms with Crippen molar-refractivity contribution in [2.45, 2.75) is 172 Å². The Morgan fingerprint density at radius 1 is 0.418 bits per heavy atom. The number of nitrogens with zero attached hydrogens (tertiary/aromatic N) is 13. The molecule has 0 saturated heterocycles. The molecular weight excluding hydrogens is 1020 g/mol. The van der Waals surface area contributed by atoms with Crippen molar-refractivity contribution >= 4 is 45.7 Å². The number of fused-ring (bicyclic) bond motifs is 2. The second kappa shape index (κ2) is 24.3. The SMILES string of the molecule is CC(C)(C)n1ccc(=O)[nH]c1=O.CC(C)(C)n1ccc(N)nc1=O.CC(C)(C)n1cnc2c(=O)[nH]c(N)nc21.CC(C)(C)n1cnc2c(N)ncnc21.Cc1cn(C(C)(C)C)c(=O)[nH]c1=O.Cc1cn(C(C)(C)C)c(=O)nc1N. The maximum Gasteiger partial charge on any atom is 0.349 e. The first-order chi connectivity index (χ1) is 35.9. The number of rotatable bonds is 0. The van der Waals surface area contributed by atoms with Gasteiger partial charge in [-0.2, -0.15) is 15.0 Å². The van der Waals surface area contributed by atoms with Crippen LogP contribution in [0.2, 0.25) is 0 Å². The summed E-state index contributed by atoms with van der Waals surface area (Å²) in [5.41, 5.74) is 22.1. The van der Waals surface area contributed by atoms with Crippen LogP contribution in [0, 0.1) is 13.8 Å². The van der Waals surface area contributed by atoms with Gasteiger partial charge in [0.05, 0.1) is 12.7 Å². The van der Waals surface area contributed by atoms with E-state index in [1.807, 2.05) is 120 Å². The molecule has 0 aliphatic heterocycles. The molecule has 27 heteroatoms. The van der Waals surface area contributed by atoms with E-state index in [2.05, 4.69) is 70.6 Å². The van der Waals surface area contributed by atoms with E-state index in [-0.39, 0.29) is 84.4 Å². The molecule has 0 unspecified atom stereocenters. The zero-order valence-electron chi connectivity index (χ0n) is 49.2. The Morgan fingerprint density at radius 2 is 0.873 bits per heavy atom. The molecule has 8 heterocycles. The Kier molecular flexibility index (Phi) is 19.8. The molecular formula is C52H80N20O7. The second-order valence-corrected chi connectivity index (χ2v) is 24.2. The van der Waals surface area contributed by atoms with Crippen LogP contribution in [-0.4, -0.2) is 77.2 Å². The molecule has 0 bridgehead atoms. The molecule has 0 aliphatic carbocycles. The first-order valence-corrected chi connectivity index (χ1v) is 24.9. The number of aromatic nitrogens is 16. The number of nitrogen functional groups attached to an aromatic ring is 4. The lowest BCUT2D eigenvalue weighted by Gasteiger charge is -2.22. The van der Waals surface area contributed by atoms with Crippen LogP contribution in [0.1, 0.15) is 136 Å². The highest BCUT2D eigenvalue weighted by Crippen LogP contribution is 2.22. The number of H-pyrrole nitrogens is 3. The smallest absolute Gasteiger partial charge is 0.349 e. The van der Waals surface area contributed by atoms with Crippen molar-refractivity contribution < 1.29 is 0 Å². The largest absolute Gasteiger partial charge is 0.383 e. The van der Waals surface area contributed by atoms with E-state index in [0.29, 0.717) is 33.9 Å². The summed E-state index contributed by atoms with van der Waals surface area (Å²) in [5, 5.41) is 0. The van der Waals surface area contributed by atoms with Gasteiger partial charge in [-0.15, -0.1) is 0 Å². The Hall–Kier alpha value is -8.78. The number of aromatic amines is 3. The standard InChI is InChI=1S/C9H13N5O.C9H13N5.C9H15N3O.C9H14N2O2.C8H13N3O.C8H12N2O2/c1-9(2,3)14-4-11-5-6(14)12-8(10)13-7(5)15;1-9(2,3)14-5-13-6-7(10)11-4-12-8(6)14;1-6-5-12(9(2,3)4)8(13)11-7(6)10;1-6-5-11(9(2,3)4)8(13)10-7(6)12;1-8(2,3)11-5-4-6(9)10-7(11)12;1-8(2,3)10-5-4-6(11)9-7(10)12/h4H,1-3H3,(H3,10,12,13,15);4-5H,1-3H3,(H2,10,11,12);5H,1-4H3,(H2,10,11,13);5H,1-4H3,(H,10,12,13);4-5H,1-3H3,(H2,9,10,12);4-5H,1-3H3,(H,9,11,12). The number of aryl methyl sites for hydroxylation is 2. The molecule has 8 aromatic rings. The molecule has 0 aromatic carbocycles. The molecule has 27 nitrogen and oxygen atoms in total. The van der Waals surface area contributed by atoms with Crippen LogP contribution in [0.15, 0.2) is 89.5 Å². The van der Waals surface area contributed by atoms with Crippen LogP contribution < -0.4 is 62.4 Å². The maximum absolute atomic E-state index is 11.5. The number of nitrogens with one attached hydrogen (secondary N) is 3. The number of hydrogen-bond acceptors (Lipinski definition) is 18. The molecule has 0 atom stereocenters. The lowest BCUT2D eigenvalue weighted by Crippen LogP contribution is -2.39. The van der Waals surface area contributed by atoms with Gasteiger partial charge in [-0.05, 0) is 145 Å². The zero-order valence-corrected chi connectivity index (χ0v) is 49.2. The van der Waals surface area contributed by atoms with Crippen LogP contribution in [0.4, 0.5) is 23.4 Å². The molecule has 0 saturated carbocycles. The van der Waals surface area contributed by atoms with Crippen LogP contribution in [0.3, 0.4) is 0 Å².